The predicted molar refractivity (Wildman–Crippen MR) is 70.9 cm³/mol. The molecular weight excluding hydrogens is 216 g/mol. The first-order valence-corrected chi connectivity index (χ1v) is 7.69. The molecule has 2 aliphatic carbocycles. The van der Waals surface area contributed by atoms with Crippen molar-refractivity contribution in [2.24, 2.45) is 22.7 Å². The number of amidine groups is 1. The van der Waals surface area contributed by atoms with Crippen LogP contribution in [-0.4, -0.2) is 23.0 Å². The molecule has 3 aliphatic rings. The average Bonchev–Trinajstić information content (AvgIpc) is 3.14. The summed E-state index contributed by atoms with van der Waals surface area (Å²) in [5, 5.41) is 4.97. The van der Waals surface area contributed by atoms with Crippen LogP contribution in [0.1, 0.15) is 39.5 Å². The number of thioether (sulfide) groups is 1. The van der Waals surface area contributed by atoms with Crippen molar-refractivity contribution in [2.75, 3.05) is 5.75 Å². The summed E-state index contributed by atoms with van der Waals surface area (Å²) in [6.45, 7) is 4.55. The second-order valence-corrected chi connectivity index (χ2v) is 6.82. The smallest absolute Gasteiger partial charge is 0.157 e. The molecule has 0 radical (unpaired) electrons. The van der Waals surface area contributed by atoms with E-state index in [4.69, 9.17) is 4.99 Å². The molecule has 0 saturated heterocycles. The fourth-order valence-corrected chi connectivity index (χ4v) is 3.61. The van der Waals surface area contributed by atoms with E-state index < -0.39 is 0 Å². The monoisotopic (exact) mass is 238 g/mol. The van der Waals surface area contributed by atoms with Gasteiger partial charge in [-0.2, -0.15) is 0 Å². The summed E-state index contributed by atoms with van der Waals surface area (Å²) in [6.07, 6.45) is 5.77. The van der Waals surface area contributed by atoms with Gasteiger partial charge in [0.15, 0.2) is 5.17 Å². The van der Waals surface area contributed by atoms with Gasteiger partial charge < -0.3 is 5.32 Å². The molecule has 2 unspecified atom stereocenters. The van der Waals surface area contributed by atoms with Crippen molar-refractivity contribution in [1.82, 2.24) is 5.32 Å². The first kappa shape index (κ1) is 10.9. The summed E-state index contributed by atoms with van der Waals surface area (Å²) < 4.78 is 0. The lowest BCUT2D eigenvalue weighted by atomic mass is 10.1. The maximum absolute atomic E-state index is 4.79. The zero-order valence-corrected chi connectivity index (χ0v) is 11.1. The third-order valence-corrected chi connectivity index (χ3v) is 5.37. The Morgan fingerprint density at radius 3 is 2.31 bits per heavy atom. The molecule has 1 aliphatic heterocycles. The molecule has 0 bridgehead atoms. The molecular formula is C13H22N2S. The van der Waals surface area contributed by atoms with E-state index in [9.17, 15) is 0 Å². The van der Waals surface area contributed by atoms with E-state index in [0.717, 1.165) is 23.8 Å². The van der Waals surface area contributed by atoms with E-state index in [1.807, 2.05) is 11.8 Å². The molecule has 1 heterocycles. The van der Waals surface area contributed by atoms with Crippen LogP contribution in [0.5, 0.6) is 0 Å². The third kappa shape index (κ3) is 2.39. The molecule has 0 aromatic heterocycles. The Morgan fingerprint density at radius 2 is 1.81 bits per heavy atom. The highest BCUT2D eigenvalue weighted by Gasteiger charge is 2.42. The van der Waals surface area contributed by atoms with Gasteiger partial charge in [-0.15, -0.1) is 0 Å². The van der Waals surface area contributed by atoms with E-state index in [0.29, 0.717) is 6.04 Å². The van der Waals surface area contributed by atoms with Crippen molar-refractivity contribution in [3.63, 3.8) is 0 Å². The van der Waals surface area contributed by atoms with Crippen LogP contribution in [0, 0.1) is 17.8 Å². The first-order valence-electron chi connectivity index (χ1n) is 6.71. The minimum absolute atomic E-state index is 0.503. The fraction of sp³-hybridized carbons (Fsp3) is 0.923. The van der Waals surface area contributed by atoms with Gasteiger partial charge in [0.1, 0.15) is 0 Å². The van der Waals surface area contributed by atoms with Gasteiger partial charge in [0.25, 0.3) is 0 Å². The van der Waals surface area contributed by atoms with Gasteiger partial charge in [-0.3, -0.25) is 4.99 Å². The number of nitrogens with zero attached hydrogens (tertiary/aromatic N) is 1. The highest BCUT2D eigenvalue weighted by atomic mass is 32.2. The van der Waals surface area contributed by atoms with Crippen LogP contribution < -0.4 is 5.32 Å². The summed E-state index contributed by atoms with van der Waals surface area (Å²) in [5.74, 6) is 3.89. The molecule has 3 heteroatoms. The molecule has 0 aromatic carbocycles. The highest BCUT2D eigenvalue weighted by Crippen LogP contribution is 2.44. The molecule has 2 saturated carbocycles. The standard InChI is InChI=1S/C13H22N2S/c1-8-7-16-13(14-9(8)2)15-12(10-3-4-10)11-5-6-11/h8-12H,3-7H2,1-2H3,(H,14,15). The van der Waals surface area contributed by atoms with E-state index >= 15 is 0 Å². The van der Waals surface area contributed by atoms with Crippen molar-refractivity contribution in [1.29, 1.82) is 0 Å². The summed E-state index contributed by atoms with van der Waals surface area (Å²) in [6, 6.07) is 1.26. The first-order chi connectivity index (χ1) is 7.74. The maximum atomic E-state index is 4.79. The lowest BCUT2D eigenvalue weighted by Crippen LogP contribution is -2.39. The second kappa shape index (κ2) is 4.25. The molecule has 2 atom stereocenters. The second-order valence-electron chi connectivity index (χ2n) is 5.81. The zero-order valence-electron chi connectivity index (χ0n) is 10.3. The fourth-order valence-electron chi connectivity index (χ4n) is 2.45. The predicted octanol–water partition coefficient (Wildman–Crippen LogP) is 2.89. The summed E-state index contributed by atoms with van der Waals surface area (Å²) in [7, 11) is 0. The molecule has 1 N–H and O–H groups in total. The molecule has 2 nitrogen and oxygen atoms in total. The Balaban J connectivity index is 1.62. The molecule has 0 amide bonds. The van der Waals surface area contributed by atoms with E-state index in [-0.39, 0.29) is 0 Å². The molecule has 0 spiro atoms. The van der Waals surface area contributed by atoms with Crippen LogP contribution in [-0.2, 0) is 0 Å². The highest BCUT2D eigenvalue weighted by molar-refractivity contribution is 8.13. The normalized spacial score (nSPS) is 35.1. The Hall–Kier alpha value is -0.180. The number of rotatable bonds is 3. The quantitative estimate of drug-likeness (QED) is 0.817. The largest absolute Gasteiger partial charge is 0.362 e. The minimum atomic E-state index is 0.503. The zero-order chi connectivity index (χ0) is 11.1. The maximum Gasteiger partial charge on any atom is 0.157 e. The molecule has 2 fully saturated rings. The SMILES string of the molecule is CC1CSC(NC(C2CC2)C2CC2)=NC1C. The lowest BCUT2D eigenvalue weighted by molar-refractivity contribution is 0.477. The topological polar surface area (TPSA) is 24.4 Å². The Morgan fingerprint density at radius 1 is 1.19 bits per heavy atom. The van der Waals surface area contributed by atoms with Crippen LogP contribution in [0.15, 0.2) is 4.99 Å². The van der Waals surface area contributed by atoms with Gasteiger partial charge in [-0.25, -0.2) is 0 Å². The van der Waals surface area contributed by atoms with Gasteiger partial charge in [-0.05, 0) is 50.4 Å². The molecule has 0 aromatic rings. The summed E-state index contributed by atoms with van der Waals surface area (Å²) in [5.41, 5.74) is 0. The van der Waals surface area contributed by atoms with Gasteiger partial charge in [-0.1, -0.05) is 18.7 Å². The van der Waals surface area contributed by atoms with Crippen LogP contribution in [0.25, 0.3) is 0 Å². The van der Waals surface area contributed by atoms with E-state index in [2.05, 4.69) is 19.2 Å². The molecule has 3 rings (SSSR count). The van der Waals surface area contributed by atoms with E-state index in [1.54, 1.807) is 0 Å². The van der Waals surface area contributed by atoms with Gasteiger partial charge in [0.2, 0.25) is 0 Å². The van der Waals surface area contributed by atoms with Crippen LogP contribution in [0.3, 0.4) is 0 Å². The summed E-state index contributed by atoms with van der Waals surface area (Å²) >= 11 is 1.93. The number of hydrogen-bond donors (Lipinski definition) is 1. The van der Waals surface area contributed by atoms with Crippen molar-refractivity contribution in [2.45, 2.75) is 51.6 Å². The Bertz CT molecular complexity index is 282. The number of hydrogen-bond acceptors (Lipinski definition) is 3. The van der Waals surface area contributed by atoms with Crippen LogP contribution in [0.4, 0.5) is 0 Å². The van der Waals surface area contributed by atoms with Crippen molar-refractivity contribution < 1.29 is 0 Å². The van der Waals surface area contributed by atoms with E-state index in [1.165, 1.54) is 36.6 Å². The van der Waals surface area contributed by atoms with Crippen molar-refractivity contribution in [3.05, 3.63) is 0 Å². The van der Waals surface area contributed by atoms with Crippen molar-refractivity contribution >= 4 is 16.9 Å². The van der Waals surface area contributed by atoms with Crippen LogP contribution >= 0.6 is 11.8 Å². The van der Waals surface area contributed by atoms with Gasteiger partial charge >= 0.3 is 0 Å². The lowest BCUT2D eigenvalue weighted by Gasteiger charge is -2.27. The molecule has 90 valence electrons. The number of nitrogens with one attached hydrogen (secondary N) is 1. The van der Waals surface area contributed by atoms with Crippen molar-refractivity contribution in [3.8, 4) is 0 Å². The third-order valence-electron chi connectivity index (χ3n) is 4.18. The molecule has 16 heavy (non-hydrogen) atoms. The Labute approximate surface area is 103 Å². The van der Waals surface area contributed by atoms with Gasteiger partial charge in [0, 0.05) is 11.8 Å². The van der Waals surface area contributed by atoms with Crippen LogP contribution in [0.2, 0.25) is 0 Å². The van der Waals surface area contributed by atoms with Gasteiger partial charge in [0.05, 0.1) is 6.04 Å². The number of aliphatic imine (C=N–C) groups is 1. The average molecular weight is 238 g/mol. The summed E-state index contributed by atoms with van der Waals surface area (Å²) in [4.78, 5) is 4.79. The minimum Gasteiger partial charge on any atom is -0.362 e. The Kier molecular flexibility index (Phi) is 2.90.